The van der Waals surface area contributed by atoms with E-state index in [1.165, 1.54) is 32.1 Å². The van der Waals surface area contributed by atoms with Gasteiger partial charge in [-0.1, -0.05) is 32.8 Å². The summed E-state index contributed by atoms with van der Waals surface area (Å²) in [6.45, 7) is 9.66. The van der Waals surface area contributed by atoms with E-state index >= 15 is 0 Å². The largest absolute Gasteiger partial charge is 0.313 e. The minimum absolute atomic E-state index is 0.690. The molecule has 1 aliphatic rings. The van der Waals surface area contributed by atoms with Crippen molar-refractivity contribution in [3.8, 4) is 0 Å². The zero-order chi connectivity index (χ0) is 11.1. The Balaban J connectivity index is 2.36. The second kappa shape index (κ2) is 7.05. The molecule has 0 aromatic carbocycles. The Morgan fingerprint density at radius 2 is 2.00 bits per heavy atom. The molecule has 1 saturated carbocycles. The van der Waals surface area contributed by atoms with Crippen molar-refractivity contribution in [2.45, 2.75) is 58.4 Å². The SMILES string of the molecule is C=CCC(NCCC)C1CCC(C)CC1. The highest BCUT2D eigenvalue weighted by molar-refractivity contribution is 4.86. The normalized spacial score (nSPS) is 28.7. The Morgan fingerprint density at radius 1 is 1.33 bits per heavy atom. The fourth-order valence-corrected chi connectivity index (χ4v) is 2.64. The number of hydrogen-bond acceptors (Lipinski definition) is 1. The molecule has 0 aromatic heterocycles. The van der Waals surface area contributed by atoms with Gasteiger partial charge in [-0.25, -0.2) is 0 Å². The van der Waals surface area contributed by atoms with Gasteiger partial charge in [-0.2, -0.15) is 0 Å². The molecule has 0 radical (unpaired) electrons. The predicted molar refractivity (Wildman–Crippen MR) is 68.0 cm³/mol. The van der Waals surface area contributed by atoms with Crippen molar-refractivity contribution >= 4 is 0 Å². The van der Waals surface area contributed by atoms with Crippen LogP contribution in [0.2, 0.25) is 0 Å². The molecular weight excluding hydrogens is 182 g/mol. The van der Waals surface area contributed by atoms with Crippen molar-refractivity contribution in [2.24, 2.45) is 11.8 Å². The van der Waals surface area contributed by atoms with Crippen LogP contribution < -0.4 is 5.32 Å². The van der Waals surface area contributed by atoms with Gasteiger partial charge in [0.2, 0.25) is 0 Å². The van der Waals surface area contributed by atoms with Crippen LogP contribution in [0, 0.1) is 11.8 Å². The summed E-state index contributed by atoms with van der Waals surface area (Å²) in [5.41, 5.74) is 0. The summed E-state index contributed by atoms with van der Waals surface area (Å²) in [5.74, 6) is 1.85. The van der Waals surface area contributed by atoms with Crippen LogP contribution in [0.1, 0.15) is 52.4 Å². The fourth-order valence-electron chi connectivity index (χ4n) is 2.64. The van der Waals surface area contributed by atoms with Crippen molar-refractivity contribution in [3.63, 3.8) is 0 Å². The Bertz CT molecular complexity index is 168. The molecule has 0 aromatic rings. The maximum atomic E-state index is 3.88. The van der Waals surface area contributed by atoms with Gasteiger partial charge in [0.05, 0.1) is 0 Å². The van der Waals surface area contributed by atoms with Gasteiger partial charge in [-0.05, 0) is 44.1 Å². The van der Waals surface area contributed by atoms with Crippen LogP contribution >= 0.6 is 0 Å². The number of rotatable bonds is 6. The Morgan fingerprint density at radius 3 is 2.53 bits per heavy atom. The first-order valence-electron chi connectivity index (χ1n) is 6.62. The topological polar surface area (TPSA) is 12.0 Å². The zero-order valence-electron chi connectivity index (χ0n) is 10.5. The van der Waals surface area contributed by atoms with Gasteiger partial charge >= 0.3 is 0 Å². The maximum absolute atomic E-state index is 3.88. The van der Waals surface area contributed by atoms with Crippen LogP contribution in [0.15, 0.2) is 12.7 Å². The second-order valence-electron chi connectivity index (χ2n) is 5.10. The standard InChI is InChI=1S/C14H27N/c1-4-6-14(15-11-5-2)13-9-7-12(3)8-10-13/h4,12-15H,1,5-11H2,2-3H3. The van der Waals surface area contributed by atoms with E-state index < -0.39 is 0 Å². The third-order valence-electron chi connectivity index (χ3n) is 3.71. The van der Waals surface area contributed by atoms with Crippen LogP contribution in [-0.4, -0.2) is 12.6 Å². The van der Waals surface area contributed by atoms with E-state index in [1.54, 1.807) is 0 Å². The summed E-state index contributed by atoms with van der Waals surface area (Å²) in [7, 11) is 0. The summed E-state index contributed by atoms with van der Waals surface area (Å²) >= 11 is 0. The van der Waals surface area contributed by atoms with Crippen LogP contribution in [0.3, 0.4) is 0 Å². The maximum Gasteiger partial charge on any atom is 0.0130 e. The van der Waals surface area contributed by atoms with Gasteiger partial charge in [-0.15, -0.1) is 6.58 Å². The average Bonchev–Trinajstić information content (AvgIpc) is 2.25. The Kier molecular flexibility index (Phi) is 6.00. The first-order chi connectivity index (χ1) is 7.27. The fraction of sp³-hybridized carbons (Fsp3) is 0.857. The van der Waals surface area contributed by atoms with Crippen molar-refractivity contribution in [2.75, 3.05) is 6.54 Å². The van der Waals surface area contributed by atoms with E-state index in [0.717, 1.165) is 24.8 Å². The lowest BCUT2D eigenvalue weighted by atomic mass is 9.78. The van der Waals surface area contributed by atoms with Crippen molar-refractivity contribution in [1.29, 1.82) is 0 Å². The summed E-state index contributed by atoms with van der Waals surface area (Å²) in [6, 6.07) is 0.690. The van der Waals surface area contributed by atoms with Crippen LogP contribution in [-0.2, 0) is 0 Å². The van der Waals surface area contributed by atoms with Crippen molar-refractivity contribution < 1.29 is 0 Å². The van der Waals surface area contributed by atoms with E-state index in [-0.39, 0.29) is 0 Å². The monoisotopic (exact) mass is 209 g/mol. The Hall–Kier alpha value is -0.300. The molecule has 1 unspecified atom stereocenters. The van der Waals surface area contributed by atoms with E-state index in [0.29, 0.717) is 6.04 Å². The lowest BCUT2D eigenvalue weighted by Gasteiger charge is -2.33. The minimum atomic E-state index is 0.690. The molecule has 0 saturated heterocycles. The quantitative estimate of drug-likeness (QED) is 0.657. The molecule has 0 heterocycles. The molecule has 0 aliphatic heterocycles. The molecule has 1 fully saturated rings. The summed E-state index contributed by atoms with van der Waals surface area (Å²) < 4.78 is 0. The van der Waals surface area contributed by atoms with Crippen molar-refractivity contribution in [3.05, 3.63) is 12.7 Å². The minimum Gasteiger partial charge on any atom is -0.313 e. The molecular formula is C14H27N. The number of hydrogen-bond donors (Lipinski definition) is 1. The van der Waals surface area contributed by atoms with Gasteiger partial charge in [0, 0.05) is 6.04 Å². The Labute approximate surface area is 95.3 Å². The lowest BCUT2D eigenvalue weighted by molar-refractivity contribution is 0.230. The molecule has 88 valence electrons. The summed E-state index contributed by atoms with van der Waals surface area (Å²) in [6.07, 6.45) is 10.1. The molecule has 1 rings (SSSR count). The third-order valence-corrected chi connectivity index (χ3v) is 3.71. The smallest absolute Gasteiger partial charge is 0.0130 e. The predicted octanol–water partition coefficient (Wildman–Crippen LogP) is 3.76. The first-order valence-corrected chi connectivity index (χ1v) is 6.62. The van der Waals surface area contributed by atoms with Gasteiger partial charge in [-0.3, -0.25) is 0 Å². The van der Waals surface area contributed by atoms with Gasteiger partial charge < -0.3 is 5.32 Å². The van der Waals surface area contributed by atoms with E-state index in [1.807, 2.05) is 0 Å². The van der Waals surface area contributed by atoms with Crippen LogP contribution in [0.5, 0.6) is 0 Å². The van der Waals surface area contributed by atoms with E-state index in [9.17, 15) is 0 Å². The molecule has 1 nitrogen and oxygen atoms in total. The molecule has 0 spiro atoms. The average molecular weight is 209 g/mol. The summed E-state index contributed by atoms with van der Waals surface area (Å²) in [5, 5.41) is 3.68. The second-order valence-corrected chi connectivity index (χ2v) is 5.10. The van der Waals surface area contributed by atoms with Crippen LogP contribution in [0.25, 0.3) is 0 Å². The van der Waals surface area contributed by atoms with Gasteiger partial charge in [0.1, 0.15) is 0 Å². The molecule has 1 N–H and O–H groups in total. The van der Waals surface area contributed by atoms with E-state index in [2.05, 4.69) is 31.8 Å². The third kappa shape index (κ3) is 4.38. The lowest BCUT2D eigenvalue weighted by Crippen LogP contribution is -2.38. The molecule has 0 amide bonds. The van der Waals surface area contributed by atoms with Crippen molar-refractivity contribution in [1.82, 2.24) is 5.32 Å². The summed E-state index contributed by atoms with van der Waals surface area (Å²) in [4.78, 5) is 0. The first kappa shape index (κ1) is 12.8. The molecule has 15 heavy (non-hydrogen) atoms. The van der Waals surface area contributed by atoms with Crippen LogP contribution in [0.4, 0.5) is 0 Å². The van der Waals surface area contributed by atoms with Gasteiger partial charge in [0.15, 0.2) is 0 Å². The van der Waals surface area contributed by atoms with E-state index in [4.69, 9.17) is 0 Å². The number of nitrogens with one attached hydrogen (secondary N) is 1. The highest BCUT2D eigenvalue weighted by Gasteiger charge is 2.24. The molecule has 1 heteroatoms. The molecule has 0 bridgehead atoms. The highest BCUT2D eigenvalue weighted by Crippen LogP contribution is 2.31. The zero-order valence-corrected chi connectivity index (χ0v) is 10.5. The molecule has 1 atom stereocenters. The molecule has 1 aliphatic carbocycles. The van der Waals surface area contributed by atoms with Gasteiger partial charge in [0.25, 0.3) is 0 Å². The highest BCUT2D eigenvalue weighted by atomic mass is 14.9.